The SMILES string of the molecule is O=C(Nc1ccc(NC(=S)Nc2cncc(C(F)(F)F)c2)cc1)c1csnn1. The Kier molecular flexibility index (Phi) is 5.80. The quantitative estimate of drug-likeness (QED) is 0.545. The average Bonchev–Trinajstić information content (AvgIpc) is 3.18. The third kappa shape index (κ3) is 5.20. The number of hydrogen-bond donors (Lipinski definition) is 3. The molecule has 0 saturated carbocycles. The number of pyridine rings is 1. The summed E-state index contributed by atoms with van der Waals surface area (Å²) in [7, 11) is 0. The Balaban J connectivity index is 1.58. The first-order valence-corrected chi connectivity index (χ1v) is 8.84. The molecule has 2 heterocycles. The van der Waals surface area contributed by atoms with Gasteiger partial charge in [0.15, 0.2) is 10.8 Å². The number of nitrogens with one attached hydrogen (secondary N) is 3. The highest BCUT2D eigenvalue weighted by Crippen LogP contribution is 2.30. The van der Waals surface area contributed by atoms with Crippen LogP contribution in [0.3, 0.4) is 0 Å². The fourth-order valence-corrected chi connectivity index (χ4v) is 2.72. The number of alkyl halides is 3. The zero-order valence-corrected chi connectivity index (χ0v) is 15.5. The molecule has 0 bridgehead atoms. The molecule has 1 amide bonds. The second-order valence-corrected chi connectivity index (χ2v) is 6.38. The molecule has 0 aliphatic rings. The minimum Gasteiger partial charge on any atom is -0.332 e. The van der Waals surface area contributed by atoms with Crippen LogP contribution >= 0.6 is 23.8 Å². The molecule has 0 atom stereocenters. The van der Waals surface area contributed by atoms with Gasteiger partial charge in [-0.2, -0.15) is 13.2 Å². The first-order valence-electron chi connectivity index (χ1n) is 7.60. The molecule has 1 aromatic carbocycles. The van der Waals surface area contributed by atoms with E-state index in [0.717, 1.165) is 23.8 Å². The van der Waals surface area contributed by atoms with E-state index < -0.39 is 11.7 Å². The number of aromatic nitrogens is 3. The maximum absolute atomic E-state index is 12.7. The highest BCUT2D eigenvalue weighted by Gasteiger charge is 2.31. The Morgan fingerprint density at radius 1 is 1.00 bits per heavy atom. The highest BCUT2D eigenvalue weighted by molar-refractivity contribution is 7.80. The second-order valence-electron chi connectivity index (χ2n) is 5.36. The topological polar surface area (TPSA) is 91.8 Å². The zero-order chi connectivity index (χ0) is 20.1. The molecule has 144 valence electrons. The Bertz CT molecular complexity index is 977. The third-order valence-corrected chi connectivity index (χ3v) is 4.03. The highest BCUT2D eigenvalue weighted by atomic mass is 32.1. The summed E-state index contributed by atoms with van der Waals surface area (Å²) < 4.78 is 41.8. The standard InChI is InChI=1S/C16H11F3N6OS2/c17-16(18,19)9-5-12(7-20-6-9)23-15(27)22-11-3-1-10(2-4-11)21-14(26)13-8-28-25-24-13/h1-8H,(H,21,26)(H2,22,23,27). The second kappa shape index (κ2) is 8.27. The van der Waals surface area contributed by atoms with Gasteiger partial charge in [0.25, 0.3) is 5.91 Å². The molecule has 2 aromatic heterocycles. The molecule has 0 spiro atoms. The van der Waals surface area contributed by atoms with Crippen molar-refractivity contribution in [1.29, 1.82) is 0 Å². The molecule has 12 heteroatoms. The van der Waals surface area contributed by atoms with Crippen LogP contribution in [0.15, 0.2) is 48.1 Å². The zero-order valence-electron chi connectivity index (χ0n) is 13.8. The molecule has 0 aliphatic heterocycles. The van der Waals surface area contributed by atoms with Gasteiger partial charge in [0, 0.05) is 23.0 Å². The molecule has 7 nitrogen and oxygen atoms in total. The van der Waals surface area contributed by atoms with Gasteiger partial charge in [0.1, 0.15) is 0 Å². The number of anilines is 3. The Morgan fingerprint density at radius 3 is 2.25 bits per heavy atom. The van der Waals surface area contributed by atoms with Gasteiger partial charge in [0.2, 0.25) is 0 Å². The van der Waals surface area contributed by atoms with E-state index in [1.54, 1.807) is 24.3 Å². The Hall–Kier alpha value is -3.12. The lowest BCUT2D eigenvalue weighted by Gasteiger charge is -2.12. The number of benzene rings is 1. The van der Waals surface area contributed by atoms with E-state index in [4.69, 9.17) is 12.2 Å². The number of thiocarbonyl (C=S) groups is 1. The summed E-state index contributed by atoms with van der Waals surface area (Å²) in [5, 5.41) is 13.4. The normalized spacial score (nSPS) is 11.0. The molecule has 3 N–H and O–H groups in total. The van der Waals surface area contributed by atoms with Crippen LogP contribution in [0, 0.1) is 0 Å². The third-order valence-electron chi connectivity index (χ3n) is 3.32. The predicted octanol–water partition coefficient (Wildman–Crippen LogP) is 4.01. The monoisotopic (exact) mass is 424 g/mol. The van der Waals surface area contributed by atoms with Gasteiger partial charge < -0.3 is 16.0 Å². The van der Waals surface area contributed by atoms with Crippen LogP contribution in [0.4, 0.5) is 30.2 Å². The van der Waals surface area contributed by atoms with Crippen LogP contribution in [0.5, 0.6) is 0 Å². The van der Waals surface area contributed by atoms with Gasteiger partial charge in [-0.25, -0.2) is 0 Å². The number of carbonyl (C=O) groups excluding carboxylic acids is 1. The molecule has 0 saturated heterocycles. The summed E-state index contributed by atoms with van der Waals surface area (Å²) in [6.45, 7) is 0. The van der Waals surface area contributed by atoms with Crippen LogP contribution < -0.4 is 16.0 Å². The average molecular weight is 424 g/mol. The van der Waals surface area contributed by atoms with Crippen molar-refractivity contribution in [1.82, 2.24) is 14.6 Å². The molecule has 0 fully saturated rings. The van der Waals surface area contributed by atoms with Crippen LogP contribution in [-0.4, -0.2) is 25.6 Å². The van der Waals surface area contributed by atoms with Crippen LogP contribution in [0.25, 0.3) is 0 Å². The summed E-state index contributed by atoms with van der Waals surface area (Å²) >= 11 is 6.17. The number of nitrogens with zero attached hydrogens (tertiary/aromatic N) is 3. The summed E-state index contributed by atoms with van der Waals surface area (Å²) in [5.74, 6) is -0.385. The minimum atomic E-state index is -4.49. The van der Waals surface area contributed by atoms with Crippen molar-refractivity contribution in [3.63, 3.8) is 0 Å². The van der Waals surface area contributed by atoms with Gasteiger partial charge in [-0.3, -0.25) is 9.78 Å². The van der Waals surface area contributed by atoms with E-state index >= 15 is 0 Å². The van der Waals surface area contributed by atoms with E-state index in [1.807, 2.05) is 0 Å². The van der Waals surface area contributed by atoms with Crippen molar-refractivity contribution >= 4 is 51.8 Å². The van der Waals surface area contributed by atoms with Gasteiger partial charge in [0.05, 0.1) is 17.4 Å². The van der Waals surface area contributed by atoms with Crippen LogP contribution in [0.2, 0.25) is 0 Å². The smallest absolute Gasteiger partial charge is 0.332 e. The van der Waals surface area contributed by atoms with Crippen molar-refractivity contribution in [2.24, 2.45) is 0 Å². The van der Waals surface area contributed by atoms with Gasteiger partial charge >= 0.3 is 6.18 Å². The number of halogens is 3. The van der Waals surface area contributed by atoms with Crippen molar-refractivity contribution in [3.8, 4) is 0 Å². The fraction of sp³-hybridized carbons (Fsp3) is 0.0625. The van der Waals surface area contributed by atoms with Crippen LogP contribution in [0.1, 0.15) is 16.1 Å². The van der Waals surface area contributed by atoms with E-state index in [-0.39, 0.29) is 22.4 Å². The molecule has 3 rings (SSSR count). The lowest BCUT2D eigenvalue weighted by molar-refractivity contribution is -0.137. The minimum absolute atomic E-state index is 0.0893. The molecule has 28 heavy (non-hydrogen) atoms. The maximum Gasteiger partial charge on any atom is 0.417 e. The van der Waals surface area contributed by atoms with E-state index in [2.05, 4.69) is 30.5 Å². The van der Waals surface area contributed by atoms with Crippen molar-refractivity contribution < 1.29 is 18.0 Å². The molecular formula is C16H11F3N6OS2. The molecule has 0 unspecified atom stereocenters. The first kappa shape index (κ1) is 19.6. The maximum atomic E-state index is 12.7. The fourth-order valence-electron chi connectivity index (χ4n) is 2.05. The number of hydrogen-bond acceptors (Lipinski definition) is 6. The molecular weight excluding hydrogens is 413 g/mol. The Labute approximate surface area is 166 Å². The van der Waals surface area contributed by atoms with E-state index in [0.29, 0.717) is 11.4 Å². The summed E-state index contributed by atoms with van der Waals surface area (Å²) in [5.41, 5.74) is 0.548. The van der Waals surface area contributed by atoms with Gasteiger partial charge in [-0.15, -0.1) is 5.10 Å². The molecule has 3 aromatic rings. The summed E-state index contributed by atoms with van der Waals surface area (Å²) in [6.07, 6.45) is -2.53. The predicted molar refractivity (Wildman–Crippen MR) is 103 cm³/mol. The number of rotatable bonds is 4. The van der Waals surface area contributed by atoms with Crippen LogP contribution in [-0.2, 0) is 6.18 Å². The molecule has 0 radical (unpaired) electrons. The Morgan fingerprint density at radius 2 is 1.64 bits per heavy atom. The lowest BCUT2D eigenvalue weighted by atomic mass is 10.2. The number of carbonyl (C=O) groups is 1. The van der Waals surface area contributed by atoms with Crippen molar-refractivity contribution in [2.75, 3.05) is 16.0 Å². The largest absolute Gasteiger partial charge is 0.417 e. The lowest BCUT2D eigenvalue weighted by Crippen LogP contribution is -2.19. The summed E-state index contributed by atoms with van der Waals surface area (Å²) in [4.78, 5) is 15.5. The molecule has 0 aliphatic carbocycles. The number of amides is 1. The van der Waals surface area contributed by atoms with Gasteiger partial charge in [-0.05, 0) is 54.1 Å². The summed E-state index contributed by atoms with van der Waals surface area (Å²) in [6, 6.07) is 7.47. The van der Waals surface area contributed by atoms with E-state index in [9.17, 15) is 18.0 Å². The van der Waals surface area contributed by atoms with Crippen molar-refractivity contribution in [3.05, 3.63) is 59.4 Å². The first-order chi connectivity index (χ1) is 13.3. The van der Waals surface area contributed by atoms with Gasteiger partial charge in [-0.1, -0.05) is 4.49 Å². The van der Waals surface area contributed by atoms with Crippen molar-refractivity contribution in [2.45, 2.75) is 6.18 Å². The van der Waals surface area contributed by atoms with E-state index in [1.165, 1.54) is 11.6 Å².